The first-order valence-electron chi connectivity index (χ1n) is 12.0. The number of rotatable bonds is 8. The molecule has 0 spiro atoms. The molecule has 2 aromatic heterocycles. The van der Waals surface area contributed by atoms with Crippen LogP contribution in [0.15, 0.2) is 30.5 Å². The van der Waals surface area contributed by atoms with Gasteiger partial charge in [-0.1, -0.05) is 12.1 Å². The zero-order chi connectivity index (χ0) is 23.5. The smallest absolute Gasteiger partial charge is 0.319 e. The number of piperidine rings is 1. The molecule has 9 heteroatoms. The van der Waals surface area contributed by atoms with E-state index in [-0.39, 0.29) is 36.4 Å². The van der Waals surface area contributed by atoms with Gasteiger partial charge in [-0.3, -0.25) is 9.78 Å². The number of amides is 1. The summed E-state index contributed by atoms with van der Waals surface area (Å²) in [6.45, 7) is 4.35. The summed E-state index contributed by atoms with van der Waals surface area (Å²) in [4.78, 5) is 28.4. The molecule has 34 heavy (non-hydrogen) atoms. The molecule has 5 rings (SSSR count). The third-order valence-corrected chi connectivity index (χ3v) is 6.74. The van der Waals surface area contributed by atoms with Crippen LogP contribution in [0.2, 0.25) is 0 Å². The van der Waals surface area contributed by atoms with Crippen LogP contribution < -0.4 is 15.0 Å². The Balaban J connectivity index is 1.30. The number of aliphatic hydroxyl groups excluding tert-OH is 1. The largest absolute Gasteiger partial charge is 0.461 e. The summed E-state index contributed by atoms with van der Waals surface area (Å²) in [7, 11) is 0. The van der Waals surface area contributed by atoms with E-state index in [9.17, 15) is 9.90 Å². The van der Waals surface area contributed by atoms with Crippen molar-refractivity contribution in [2.24, 2.45) is 5.92 Å². The minimum atomic E-state index is -0.369. The molecule has 4 heterocycles. The number of hydrogen-bond donors (Lipinski definition) is 2. The molecule has 9 nitrogen and oxygen atoms in total. The molecule has 3 aliphatic rings. The average Bonchev–Trinajstić information content (AvgIpc) is 3.27. The van der Waals surface area contributed by atoms with Gasteiger partial charge in [0.2, 0.25) is 0 Å². The number of ether oxygens (including phenoxy) is 2. The number of fused-ring (bicyclic) bond motifs is 1. The first-order chi connectivity index (χ1) is 16.6. The number of hydrogen-bond acceptors (Lipinski definition) is 8. The Kier molecular flexibility index (Phi) is 6.73. The molecule has 1 aliphatic carbocycles. The highest BCUT2D eigenvalue weighted by atomic mass is 16.6. The first-order valence-corrected chi connectivity index (χ1v) is 12.0. The fraction of sp³-hybridized carbons (Fsp3) is 0.520. The van der Waals surface area contributed by atoms with Crippen molar-refractivity contribution in [1.82, 2.24) is 20.3 Å². The number of aromatic nitrogens is 3. The summed E-state index contributed by atoms with van der Waals surface area (Å²) in [6.07, 6.45) is 8.09. The van der Waals surface area contributed by atoms with Crippen LogP contribution in [-0.4, -0.2) is 71.0 Å². The van der Waals surface area contributed by atoms with Crippen LogP contribution >= 0.6 is 0 Å². The Morgan fingerprint density at radius 2 is 2.15 bits per heavy atom. The van der Waals surface area contributed by atoms with Gasteiger partial charge < -0.3 is 24.8 Å². The van der Waals surface area contributed by atoms with Crippen LogP contribution in [0.5, 0.6) is 6.01 Å². The van der Waals surface area contributed by atoms with Crippen LogP contribution in [0, 0.1) is 5.92 Å². The van der Waals surface area contributed by atoms with Gasteiger partial charge in [0.1, 0.15) is 18.1 Å². The number of carbonyl (C=O) groups excluding carboxylic acids is 1. The molecular weight excluding hydrogens is 434 g/mol. The third-order valence-electron chi connectivity index (χ3n) is 6.74. The van der Waals surface area contributed by atoms with E-state index in [4.69, 9.17) is 9.47 Å². The second kappa shape index (κ2) is 10.1. The predicted octanol–water partition coefficient (Wildman–Crippen LogP) is 2.01. The molecule has 2 aromatic rings. The maximum atomic E-state index is 12.7. The lowest BCUT2D eigenvalue weighted by molar-refractivity contribution is -0.0734. The molecule has 0 unspecified atom stereocenters. The topological polar surface area (TPSA) is 110 Å². The second-order valence-corrected chi connectivity index (χ2v) is 9.17. The summed E-state index contributed by atoms with van der Waals surface area (Å²) in [5.74, 6) is 0.815. The highest BCUT2D eigenvalue weighted by molar-refractivity contribution is 5.93. The standard InChI is InChI=1S/C25H31N5O4/c1-16(14-31)27-24(32)22-13-23(29-25(28-22)34-15-18-8-12-33-18)30-10-6-17(7-11-30)19-4-5-21-20(19)3-2-9-26-21/h2-4,9,13,16-18,31H,5-8,10-12,14-15H2,1H3,(H,27,32)/t16-,18-/m1/s1. The number of carbonyl (C=O) groups is 1. The van der Waals surface area contributed by atoms with Crippen molar-refractivity contribution in [2.75, 3.05) is 37.8 Å². The molecule has 2 N–H and O–H groups in total. The van der Waals surface area contributed by atoms with Gasteiger partial charge in [0, 0.05) is 50.8 Å². The Labute approximate surface area is 199 Å². The summed E-state index contributed by atoms with van der Waals surface area (Å²) >= 11 is 0. The van der Waals surface area contributed by atoms with Crippen molar-refractivity contribution in [1.29, 1.82) is 0 Å². The van der Waals surface area contributed by atoms with E-state index in [1.165, 1.54) is 16.8 Å². The Bertz CT molecular complexity index is 1060. The quantitative estimate of drug-likeness (QED) is 0.609. The molecule has 2 aliphatic heterocycles. The summed E-state index contributed by atoms with van der Waals surface area (Å²) in [6, 6.07) is 5.70. The van der Waals surface area contributed by atoms with E-state index >= 15 is 0 Å². The Morgan fingerprint density at radius 3 is 2.88 bits per heavy atom. The van der Waals surface area contributed by atoms with Crippen LogP contribution in [0.3, 0.4) is 0 Å². The van der Waals surface area contributed by atoms with Crippen molar-refractivity contribution < 1.29 is 19.4 Å². The SMILES string of the molecule is C[C@H](CO)NC(=O)c1cc(N2CCC(C3=CCc4ncccc43)CC2)nc(OC[C@H]2CCO2)n1. The first kappa shape index (κ1) is 22.7. The summed E-state index contributed by atoms with van der Waals surface area (Å²) < 4.78 is 11.2. The van der Waals surface area contributed by atoms with Crippen molar-refractivity contribution in [3.05, 3.63) is 47.4 Å². The van der Waals surface area contributed by atoms with E-state index in [0.29, 0.717) is 18.3 Å². The van der Waals surface area contributed by atoms with Crippen LogP contribution in [0.4, 0.5) is 5.82 Å². The lowest BCUT2D eigenvalue weighted by Crippen LogP contribution is -2.37. The fourth-order valence-corrected chi connectivity index (χ4v) is 4.67. The van der Waals surface area contributed by atoms with Crippen molar-refractivity contribution in [3.8, 4) is 6.01 Å². The number of aliphatic hydroxyl groups is 1. The zero-order valence-electron chi connectivity index (χ0n) is 19.4. The number of nitrogens with zero attached hydrogens (tertiary/aromatic N) is 4. The highest BCUT2D eigenvalue weighted by Gasteiger charge is 2.28. The van der Waals surface area contributed by atoms with Gasteiger partial charge in [0.15, 0.2) is 0 Å². The molecule has 0 radical (unpaired) electrons. The molecular formula is C25H31N5O4. The van der Waals surface area contributed by atoms with Crippen LogP contribution in [-0.2, 0) is 11.2 Å². The third kappa shape index (κ3) is 4.90. The number of anilines is 1. The van der Waals surface area contributed by atoms with Gasteiger partial charge in [-0.15, -0.1) is 0 Å². The lowest BCUT2D eigenvalue weighted by Gasteiger charge is -2.34. The van der Waals surface area contributed by atoms with E-state index < -0.39 is 0 Å². The molecule has 0 bridgehead atoms. The summed E-state index contributed by atoms with van der Waals surface area (Å²) in [5, 5.41) is 12.0. The molecule has 2 atom stereocenters. The maximum Gasteiger partial charge on any atom is 0.319 e. The monoisotopic (exact) mass is 465 g/mol. The number of allylic oxidation sites excluding steroid dienone is 2. The van der Waals surface area contributed by atoms with Crippen LogP contribution in [0.1, 0.15) is 47.9 Å². The van der Waals surface area contributed by atoms with Crippen molar-refractivity contribution >= 4 is 17.3 Å². The van der Waals surface area contributed by atoms with Gasteiger partial charge in [-0.25, -0.2) is 0 Å². The van der Waals surface area contributed by atoms with Crippen molar-refractivity contribution in [2.45, 2.75) is 44.8 Å². The Morgan fingerprint density at radius 1 is 1.32 bits per heavy atom. The molecule has 2 saturated heterocycles. The normalized spacial score (nSPS) is 20.8. The molecule has 2 fully saturated rings. The van der Waals surface area contributed by atoms with Gasteiger partial charge >= 0.3 is 6.01 Å². The lowest BCUT2D eigenvalue weighted by atomic mass is 9.86. The fourth-order valence-electron chi connectivity index (χ4n) is 4.67. The van der Waals surface area contributed by atoms with Crippen LogP contribution in [0.25, 0.3) is 5.57 Å². The highest BCUT2D eigenvalue weighted by Crippen LogP contribution is 2.37. The van der Waals surface area contributed by atoms with Crippen molar-refractivity contribution in [3.63, 3.8) is 0 Å². The van der Waals surface area contributed by atoms with E-state index in [1.807, 2.05) is 12.3 Å². The minimum absolute atomic E-state index is 0.0479. The van der Waals surface area contributed by atoms with E-state index in [1.54, 1.807) is 13.0 Å². The maximum absolute atomic E-state index is 12.7. The molecule has 180 valence electrons. The number of nitrogens with one attached hydrogen (secondary N) is 1. The average molecular weight is 466 g/mol. The van der Waals surface area contributed by atoms with Gasteiger partial charge in [0.05, 0.1) is 18.4 Å². The molecule has 0 saturated carbocycles. The van der Waals surface area contributed by atoms with E-state index in [2.05, 4.69) is 37.3 Å². The molecule has 1 amide bonds. The summed E-state index contributed by atoms with van der Waals surface area (Å²) in [5.41, 5.74) is 4.10. The van der Waals surface area contributed by atoms with Gasteiger partial charge in [0.25, 0.3) is 5.91 Å². The minimum Gasteiger partial charge on any atom is -0.461 e. The zero-order valence-corrected chi connectivity index (χ0v) is 19.4. The van der Waals surface area contributed by atoms with E-state index in [0.717, 1.165) is 45.4 Å². The predicted molar refractivity (Wildman–Crippen MR) is 127 cm³/mol. The number of pyridine rings is 1. The molecule has 0 aromatic carbocycles. The van der Waals surface area contributed by atoms with Gasteiger partial charge in [-0.2, -0.15) is 9.97 Å². The Hall–Kier alpha value is -3.04. The second-order valence-electron chi connectivity index (χ2n) is 9.17. The van der Waals surface area contributed by atoms with Gasteiger partial charge in [-0.05, 0) is 42.9 Å².